The van der Waals surface area contributed by atoms with E-state index < -0.39 is 0 Å². The number of thioether (sulfide) groups is 1. The number of ether oxygens (including phenoxy) is 1. The first kappa shape index (κ1) is 14.6. The summed E-state index contributed by atoms with van der Waals surface area (Å²) in [5.41, 5.74) is -0.0127. The lowest BCUT2D eigenvalue weighted by Gasteiger charge is -2.40. The predicted octanol–water partition coefficient (Wildman–Crippen LogP) is 2.18. The number of aliphatic hydroxyl groups is 1. The summed E-state index contributed by atoms with van der Waals surface area (Å²) < 4.78 is 5.68. The Morgan fingerprint density at radius 2 is 2.28 bits per heavy atom. The SMILES string of the molecule is CCNC1(CO)CCCC(SCC2CCCO2)C1. The van der Waals surface area contributed by atoms with E-state index in [4.69, 9.17) is 4.74 Å². The monoisotopic (exact) mass is 273 g/mol. The highest BCUT2D eigenvalue weighted by Crippen LogP contribution is 2.35. The molecule has 2 fully saturated rings. The van der Waals surface area contributed by atoms with Crippen molar-refractivity contribution in [2.24, 2.45) is 0 Å². The quantitative estimate of drug-likeness (QED) is 0.778. The first-order chi connectivity index (χ1) is 8.78. The van der Waals surface area contributed by atoms with E-state index >= 15 is 0 Å². The van der Waals surface area contributed by atoms with E-state index in [1.54, 1.807) is 0 Å². The third-order valence-corrected chi connectivity index (χ3v) is 5.63. The number of aliphatic hydroxyl groups excluding tert-OH is 1. The maximum absolute atomic E-state index is 9.67. The fraction of sp³-hybridized carbons (Fsp3) is 1.00. The Bertz CT molecular complexity index is 242. The van der Waals surface area contributed by atoms with Gasteiger partial charge in [-0.3, -0.25) is 0 Å². The fourth-order valence-corrected chi connectivity index (χ4v) is 4.72. The predicted molar refractivity (Wildman–Crippen MR) is 77.2 cm³/mol. The smallest absolute Gasteiger partial charge is 0.0666 e. The second-order valence-corrected chi connectivity index (χ2v) is 6.99. The number of rotatable bonds is 6. The van der Waals surface area contributed by atoms with Gasteiger partial charge in [-0.15, -0.1) is 0 Å². The second kappa shape index (κ2) is 7.13. The van der Waals surface area contributed by atoms with Gasteiger partial charge in [-0.2, -0.15) is 11.8 Å². The van der Waals surface area contributed by atoms with E-state index in [9.17, 15) is 5.11 Å². The molecule has 2 N–H and O–H groups in total. The van der Waals surface area contributed by atoms with E-state index in [0.717, 1.165) is 31.7 Å². The first-order valence-corrected chi connectivity index (χ1v) is 8.42. The van der Waals surface area contributed by atoms with Crippen molar-refractivity contribution in [1.82, 2.24) is 5.32 Å². The molecule has 0 aromatic rings. The molecule has 3 atom stereocenters. The van der Waals surface area contributed by atoms with E-state index in [1.807, 2.05) is 0 Å². The van der Waals surface area contributed by atoms with Crippen LogP contribution in [0.2, 0.25) is 0 Å². The summed E-state index contributed by atoms with van der Waals surface area (Å²) in [6.45, 7) is 4.30. The molecule has 18 heavy (non-hydrogen) atoms. The Balaban J connectivity index is 1.78. The summed E-state index contributed by atoms with van der Waals surface area (Å²) in [5, 5.41) is 13.9. The zero-order valence-electron chi connectivity index (χ0n) is 11.5. The first-order valence-electron chi connectivity index (χ1n) is 7.37. The minimum Gasteiger partial charge on any atom is -0.394 e. The molecule has 2 rings (SSSR count). The number of likely N-dealkylation sites (N-methyl/N-ethyl adjacent to an activating group) is 1. The van der Waals surface area contributed by atoms with Gasteiger partial charge in [-0.1, -0.05) is 13.3 Å². The second-order valence-electron chi connectivity index (χ2n) is 5.66. The normalized spacial score (nSPS) is 37.0. The summed E-state index contributed by atoms with van der Waals surface area (Å²) in [6.07, 6.45) is 7.70. The maximum atomic E-state index is 9.67. The Kier molecular flexibility index (Phi) is 5.80. The lowest BCUT2D eigenvalue weighted by Crippen LogP contribution is -2.52. The average molecular weight is 273 g/mol. The van der Waals surface area contributed by atoms with Crippen molar-refractivity contribution >= 4 is 11.8 Å². The molecule has 1 saturated heterocycles. The Hall–Kier alpha value is 0.230. The van der Waals surface area contributed by atoms with E-state index in [-0.39, 0.29) is 12.1 Å². The lowest BCUT2D eigenvalue weighted by atomic mass is 9.82. The van der Waals surface area contributed by atoms with Crippen LogP contribution in [-0.4, -0.2) is 47.5 Å². The molecule has 0 aromatic heterocycles. The summed E-state index contributed by atoms with van der Waals surface area (Å²) in [4.78, 5) is 0. The zero-order chi connectivity index (χ0) is 12.8. The van der Waals surface area contributed by atoms with Crippen LogP contribution in [0.15, 0.2) is 0 Å². The maximum Gasteiger partial charge on any atom is 0.0666 e. The van der Waals surface area contributed by atoms with Gasteiger partial charge in [-0.05, 0) is 38.6 Å². The lowest BCUT2D eigenvalue weighted by molar-refractivity contribution is 0.123. The van der Waals surface area contributed by atoms with Crippen molar-refractivity contribution in [3.05, 3.63) is 0 Å². The van der Waals surface area contributed by atoms with Gasteiger partial charge in [-0.25, -0.2) is 0 Å². The summed E-state index contributed by atoms with van der Waals surface area (Å²) in [7, 11) is 0. The fourth-order valence-electron chi connectivity index (χ4n) is 3.20. The molecule has 0 aromatic carbocycles. The Morgan fingerprint density at radius 1 is 1.39 bits per heavy atom. The van der Waals surface area contributed by atoms with Gasteiger partial charge in [0.15, 0.2) is 0 Å². The molecule has 1 saturated carbocycles. The molecule has 0 spiro atoms. The Labute approximate surface area is 115 Å². The van der Waals surface area contributed by atoms with Crippen LogP contribution >= 0.6 is 11.8 Å². The summed E-state index contributed by atoms with van der Waals surface area (Å²) in [5.74, 6) is 1.14. The summed E-state index contributed by atoms with van der Waals surface area (Å²) in [6, 6.07) is 0. The van der Waals surface area contributed by atoms with Crippen molar-refractivity contribution in [3.8, 4) is 0 Å². The van der Waals surface area contributed by atoms with E-state index in [1.165, 1.54) is 25.7 Å². The van der Waals surface area contributed by atoms with Crippen molar-refractivity contribution in [2.45, 2.75) is 62.3 Å². The van der Waals surface area contributed by atoms with Crippen molar-refractivity contribution in [3.63, 3.8) is 0 Å². The van der Waals surface area contributed by atoms with Gasteiger partial charge in [0.2, 0.25) is 0 Å². The van der Waals surface area contributed by atoms with Gasteiger partial charge in [0, 0.05) is 23.1 Å². The van der Waals surface area contributed by atoms with Crippen molar-refractivity contribution in [2.75, 3.05) is 25.5 Å². The molecule has 0 radical (unpaired) electrons. The highest BCUT2D eigenvalue weighted by Gasteiger charge is 2.35. The van der Waals surface area contributed by atoms with Gasteiger partial charge < -0.3 is 15.2 Å². The van der Waals surface area contributed by atoms with Gasteiger partial charge >= 0.3 is 0 Å². The van der Waals surface area contributed by atoms with Crippen LogP contribution in [0.5, 0.6) is 0 Å². The van der Waals surface area contributed by atoms with Crippen LogP contribution in [0.25, 0.3) is 0 Å². The molecule has 1 heterocycles. The third kappa shape index (κ3) is 3.86. The molecule has 3 unspecified atom stereocenters. The van der Waals surface area contributed by atoms with Gasteiger partial charge in [0.25, 0.3) is 0 Å². The zero-order valence-corrected chi connectivity index (χ0v) is 12.3. The largest absolute Gasteiger partial charge is 0.394 e. The van der Waals surface area contributed by atoms with E-state index in [2.05, 4.69) is 24.0 Å². The molecule has 1 aliphatic carbocycles. The van der Waals surface area contributed by atoms with Crippen LogP contribution < -0.4 is 5.32 Å². The summed E-state index contributed by atoms with van der Waals surface area (Å²) >= 11 is 2.06. The number of hydrogen-bond acceptors (Lipinski definition) is 4. The van der Waals surface area contributed by atoms with Crippen LogP contribution in [0.1, 0.15) is 45.4 Å². The minimum atomic E-state index is -0.0127. The molecule has 4 heteroatoms. The molecule has 2 aliphatic rings. The minimum absolute atomic E-state index is 0.0127. The Morgan fingerprint density at radius 3 is 2.94 bits per heavy atom. The van der Waals surface area contributed by atoms with Crippen molar-refractivity contribution in [1.29, 1.82) is 0 Å². The highest BCUT2D eigenvalue weighted by atomic mass is 32.2. The topological polar surface area (TPSA) is 41.5 Å². The van der Waals surface area contributed by atoms with Crippen LogP contribution in [0.4, 0.5) is 0 Å². The molecule has 3 nitrogen and oxygen atoms in total. The van der Waals surface area contributed by atoms with Gasteiger partial charge in [0.1, 0.15) is 0 Å². The molecular weight excluding hydrogens is 246 g/mol. The highest BCUT2D eigenvalue weighted by molar-refractivity contribution is 7.99. The standard InChI is InChI=1S/C14H27NO2S/c1-2-15-14(11-16)7-3-6-13(9-14)18-10-12-5-4-8-17-12/h12-13,15-16H,2-11H2,1H3. The molecule has 0 amide bonds. The molecule has 1 aliphatic heterocycles. The molecule has 0 bridgehead atoms. The average Bonchev–Trinajstić information content (AvgIpc) is 2.90. The number of nitrogens with one attached hydrogen (secondary N) is 1. The molecule has 106 valence electrons. The van der Waals surface area contributed by atoms with Crippen LogP contribution in [0.3, 0.4) is 0 Å². The van der Waals surface area contributed by atoms with Gasteiger partial charge in [0.05, 0.1) is 12.7 Å². The van der Waals surface area contributed by atoms with Crippen molar-refractivity contribution < 1.29 is 9.84 Å². The van der Waals surface area contributed by atoms with Crippen LogP contribution in [0, 0.1) is 0 Å². The third-order valence-electron chi connectivity index (χ3n) is 4.20. The van der Waals surface area contributed by atoms with E-state index in [0.29, 0.717) is 11.4 Å². The number of hydrogen-bond donors (Lipinski definition) is 2. The molecular formula is C14H27NO2S. The van der Waals surface area contributed by atoms with Crippen LogP contribution in [-0.2, 0) is 4.74 Å².